The lowest BCUT2D eigenvalue weighted by Gasteiger charge is -2.25. The van der Waals surface area contributed by atoms with Crippen molar-refractivity contribution in [2.24, 2.45) is 5.92 Å². The Labute approximate surface area is 191 Å². The summed E-state index contributed by atoms with van der Waals surface area (Å²) in [4.78, 5) is 12.9. The van der Waals surface area contributed by atoms with Gasteiger partial charge >= 0.3 is 5.97 Å². The second-order valence-corrected chi connectivity index (χ2v) is 9.74. The molecule has 3 aromatic carbocycles. The predicted octanol–water partition coefficient (Wildman–Crippen LogP) is 5.32. The molecular formula is C28H25BrO2. The van der Waals surface area contributed by atoms with Gasteiger partial charge in [-0.05, 0) is 75.4 Å². The van der Waals surface area contributed by atoms with Crippen LogP contribution in [0.5, 0.6) is 0 Å². The van der Waals surface area contributed by atoms with Crippen molar-refractivity contribution in [3.05, 3.63) is 92.3 Å². The fourth-order valence-corrected chi connectivity index (χ4v) is 5.52. The van der Waals surface area contributed by atoms with Gasteiger partial charge in [0.25, 0.3) is 0 Å². The third kappa shape index (κ3) is 3.18. The predicted molar refractivity (Wildman–Crippen MR) is 129 cm³/mol. The second kappa shape index (κ2) is 7.49. The van der Waals surface area contributed by atoms with Gasteiger partial charge in [-0.2, -0.15) is 0 Å². The van der Waals surface area contributed by atoms with Crippen LogP contribution < -0.4 is 10.4 Å². The summed E-state index contributed by atoms with van der Waals surface area (Å²) in [6.07, 6.45) is 2.82. The molecule has 0 heterocycles. The summed E-state index contributed by atoms with van der Waals surface area (Å²) in [5.41, 5.74) is 7.28. The molecule has 2 aliphatic carbocycles. The summed E-state index contributed by atoms with van der Waals surface area (Å²) in [5.74, 6) is -0.427. The van der Waals surface area contributed by atoms with E-state index < -0.39 is 0 Å². The van der Waals surface area contributed by atoms with E-state index in [9.17, 15) is 4.79 Å². The van der Waals surface area contributed by atoms with Crippen molar-refractivity contribution in [2.45, 2.75) is 32.6 Å². The summed E-state index contributed by atoms with van der Waals surface area (Å²) in [5, 5.41) is 2.31. The number of ether oxygens (including phenoxy) is 1. The van der Waals surface area contributed by atoms with Crippen LogP contribution in [0.25, 0.3) is 22.8 Å². The number of benzene rings is 3. The number of hydrogen-bond acceptors (Lipinski definition) is 2. The Kier molecular flexibility index (Phi) is 4.90. The van der Waals surface area contributed by atoms with Crippen LogP contribution in [0, 0.1) is 5.92 Å². The molecule has 156 valence electrons. The molecule has 2 aliphatic rings. The summed E-state index contributed by atoms with van der Waals surface area (Å²) in [6.45, 7) is 6.82. The lowest BCUT2D eigenvalue weighted by molar-refractivity contribution is -0.145. The molecule has 1 unspecified atom stereocenters. The third-order valence-corrected chi connectivity index (χ3v) is 7.19. The van der Waals surface area contributed by atoms with Crippen molar-refractivity contribution in [1.29, 1.82) is 0 Å². The molecule has 0 bridgehead atoms. The van der Waals surface area contributed by atoms with E-state index in [1.165, 1.54) is 27.5 Å². The Bertz CT molecular complexity index is 1330. The average molecular weight is 473 g/mol. The largest absolute Gasteiger partial charge is 0.466 e. The Morgan fingerprint density at radius 1 is 1.03 bits per heavy atom. The van der Waals surface area contributed by atoms with E-state index >= 15 is 0 Å². The first kappa shape index (κ1) is 20.3. The molecule has 3 aromatic rings. The molecule has 0 radical (unpaired) electrons. The van der Waals surface area contributed by atoms with E-state index in [1.807, 2.05) is 13.0 Å². The lowest BCUT2D eigenvalue weighted by atomic mass is 9.79. The summed E-state index contributed by atoms with van der Waals surface area (Å²) < 4.78 is 6.56. The van der Waals surface area contributed by atoms with Crippen LogP contribution in [0.1, 0.15) is 43.9 Å². The van der Waals surface area contributed by atoms with E-state index in [-0.39, 0.29) is 17.3 Å². The number of carbonyl (C=O) groups is 1. The minimum Gasteiger partial charge on any atom is -0.466 e. The van der Waals surface area contributed by atoms with Crippen molar-refractivity contribution in [3.8, 4) is 11.1 Å². The normalized spacial score (nSPS) is 17.9. The van der Waals surface area contributed by atoms with Crippen LogP contribution in [0.4, 0.5) is 0 Å². The van der Waals surface area contributed by atoms with E-state index in [0.29, 0.717) is 13.0 Å². The van der Waals surface area contributed by atoms with Gasteiger partial charge in [0, 0.05) is 9.89 Å². The van der Waals surface area contributed by atoms with Gasteiger partial charge in [-0.25, -0.2) is 0 Å². The zero-order chi connectivity index (χ0) is 21.8. The van der Waals surface area contributed by atoms with Crippen molar-refractivity contribution >= 4 is 33.5 Å². The minimum absolute atomic E-state index is 0.106. The standard InChI is InChI=1S/C28H25BrO2/c1-4-31-27(30)23-13-9-17-7-5-6-8-20(17)26(23)18-10-12-21-22-14-11-19(29)16-25(22)28(2,3)24(21)15-18/h5-12,14-16,23H,4,13H2,1-3H3. The first-order chi connectivity index (χ1) is 14.9. The fourth-order valence-electron chi connectivity index (χ4n) is 5.16. The number of fused-ring (bicyclic) bond motifs is 4. The maximum Gasteiger partial charge on any atom is 0.313 e. The monoisotopic (exact) mass is 472 g/mol. The summed E-state index contributed by atoms with van der Waals surface area (Å²) in [6, 6.07) is 21.6. The van der Waals surface area contributed by atoms with Crippen molar-refractivity contribution < 1.29 is 9.53 Å². The van der Waals surface area contributed by atoms with Gasteiger partial charge in [0.2, 0.25) is 0 Å². The number of rotatable bonds is 3. The van der Waals surface area contributed by atoms with E-state index in [0.717, 1.165) is 20.8 Å². The molecule has 0 aliphatic heterocycles. The number of esters is 1. The van der Waals surface area contributed by atoms with E-state index in [4.69, 9.17) is 4.74 Å². The van der Waals surface area contributed by atoms with Crippen molar-refractivity contribution in [1.82, 2.24) is 0 Å². The topological polar surface area (TPSA) is 26.3 Å². The van der Waals surface area contributed by atoms with Gasteiger partial charge in [0.05, 0.1) is 12.5 Å². The minimum atomic E-state index is -0.283. The fraction of sp³-hybridized carbons (Fsp3) is 0.250. The molecule has 0 aromatic heterocycles. The van der Waals surface area contributed by atoms with Crippen LogP contribution in [-0.2, 0) is 14.9 Å². The van der Waals surface area contributed by atoms with Gasteiger partial charge in [0.15, 0.2) is 0 Å². The highest BCUT2D eigenvalue weighted by atomic mass is 79.9. The molecule has 3 heteroatoms. The molecule has 0 N–H and O–H groups in total. The molecule has 0 saturated carbocycles. The highest BCUT2D eigenvalue weighted by Crippen LogP contribution is 2.50. The first-order valence-electron chi connectivity index (χ1n) is 10.8. The summed E-state index contributed by atoms with van der Waals surface area (Å²) in [7, 11) is 0. The molecule has 31 heavy (non-hydrogen) atoms. The van der Waals surface area contributed by atoms with Crippen molar-refractivity contribution in [3.63, 3.8) is 0 Å². The number of halogens is 1. The van der Waals surface area contributed by atoms with Gasteiger partial charge in [-0.3, -0.25) is 4.79 Å². The first-order valence-corrected chi connectivity index (χ1v) is 11.6. The zero-order valence-electron chi connectivity index (χ0n) is 18.0. The SMILES string of the molecule is CCOC(=O)C1CC=c2ccccc2=C1c1ccc2c(c1)C(C)(C)c1cc(Br)ccc1-2. The van der Waals surface area contributed by atoms with Crippen LogP contribution in [-0.4, -0.2) is 12.6 Å². The van der Waals surface area contributed by atoms with E-state index in [1.54, 1.807) is 0 Å². The summed E-state index contributed by atoms with van der Waals surface area (Å²) >= 11 is 3.64. The van der Waals surface area contributed by atoms with Gasteiger partial charge in [-0.1, -0.05) is 78.3 Å². The Balaban J connectivity index is 1.74. The van der Waals surface area contributed by atoms with Gasteiger partial charge in [-0.15, -0.1) is 0 Å². The molecule has 0 saturated heterocycles. The molecule has 1 atom stereocenters. The zero-order valence-corrected chi connectivity index (χ0v) is 19.6. The van der Waals surface area contributed by atoms with Crippen LogP contribution in [0.15, 0.2) is 65.1 Å². The highest BCUT2D eigenvalue weighted by molar-refractivity contribution is 9.10. The van der Waals surface area contributed by atoms with Crippen molar-refractivity contribution in [2.75, 3.05) is 6.61 Å². The van der Waals surface area contributed by atoms with E-state index in [2.05, 4.69) is 90.5 Å². The van der Waals surface area contributed by atoms with Crippen LogP contribution >= 0.6 is 15.9 Å². The number of hydrogen-bond donors (Lipinski definition) is 0. The van der Waals surface area contributed by atoms with Crippen LogP contribution in [0.3, 0.4) is 0 Å². The maximum atomic E-state index is 12.9. The third-order valence-electron chi connectivity index (χ3n) is 6.69. The molecule has 0 amide bonds. The van der Waals surface area contributed by atoms with Crippen LogP contribution in [0.2, 0.25) is 0 Å². The second-order valence-electron chi connectivity index (χ2n) is 8.82. The lowest BCUT2D eigenvalue weighted by Crippen LogP contribution is -2.36. The van der Waals surface area contributed by atoms with Gasteiger partial charge < -0.3 is 4.74 Å². The highest BCUT2D eigenvalue weighted by Gasteiger charge is 2.36. The average Bonchev–Trinajstić information content (AvgIpc) is 2.99. The van der Waals surface area contributed by atoms with Gasteiger partial charge in [0.1, 0.15) is 0 Å². The Morgan fingerprint density at radius 3 is 2.52 bits per heavy atom. The molecule has 0 spiro atoms. The maximum absolute atomic E-state index is 12.9. The smallest absolute Gasteiger partial charge is 0.313 e. The molecular weight excluding hydrogens is 448 g/mol. The number of carbonyl (C=O) groups excluding carboxylic acids is 1. The molecule has 5 rings (SSSR count). The Hall–Kier alpha value is -2.65. The molecule has 0 fully saturated rings. The molecule has 2 nitrogen and oxygen atoms in total. The quantitative estimate of drug-likeness (QED) is 0.482. The Morgan fingerprint density at radius 2 is 1.74 bits per heavy atom.